The third-order valence-electron chi connectivity index (χ3n) is 4.38. The summed E-state index contributed by atoms with van der Waals surface area (Å²) >= 11 is 5.96. The molecule has 0 saturated carbocycles. The molecule has 1 aromatic heterocycles. The Bertz CT molecular complexity index is 1200. The smallest absolute Gasteiger partial charge is 0.265 e. The predicted molar refractivity (Wildman–Crippen MR) is 124 cm³/mol. The van der Waals surface area contributed by atoms with E-state index in [0.29, 0.717) is 34.3 Å². The average molecular weight is 475 g/mol. The standard InChI is InChI=1S/C22H23ClN4O4S/c1-4-20(31-18-7-5-6-16(23)13-18)21(28)26-17-8-10-19(11-9-17)32(29,30)27-22-24-14(2)12-15(3)25-22/h5-13,20H,4H2,1-3H3,(H,26,28)(H,24,25,27)/t20-/m0/s1. The first-order chi connectivity index (χ1) is 15.2. The second-order valence-electron chi connectivity index (χ2n) is 7.07. The Morgan fingerprint density at radius 1 is 1.06 bits per heavy atom. The van der Waals surface area contributed by atoms with E-state index in [2.05, 4.69) is 20.0 Å². The molecule has 0 fully saturated rings. The number of hydrogen-bond acceptors (Lipinski definition) is 6. The first kappa shape index (κ1) is 23.5. The van der Waals surface area contributed by atoms with E-state index < -0.39 is 16.1 Å². The second-order valence-corrected chi connectivity index (χ2v) is 9.18. The molecular weight excluding hydrogens is 452 g/mol. The summed E-state index contributed by atoms with van der Waals surface area (Å²) in [6.07, 6.45) is -0.301. The molecule has 0 aliphatic carbocycles. The quantitative estimate of drug-likeness (QED) is 0.502. The van der Waals surface area contributed by atoms with E-state index in [4.69, 9.17) is 16.3 Å². The monoisotopic (exact) mass is 474 g/mol. The summed E-state index contributed by atoms with van der Waals surface area (Å²) in [6.45, 7) is 5.33. The van der Waals surface area contributed by atoms with Gasteiger partial charge in [0.25, 0.3) is 15.9 Å². The number of nitrogens with one attached hydrogen (secondary N) is 2. The van der Waals surface area contributed by atoms with Crippen LogP contribution in [0.3, 0.4) is 0 Å². The van der Waals surface area contributed by atoms with E-state index in [1.54, 1.807) is 44.2 Å². The van der Waals surface area contributed by atoms with Crippen LogP contribution < -0.4 is 14.8 Å². The molecule has 10 heteroatoms. The maximum atomic E-state index is 12.6. The van der Waals surface area contributed by atoms with Crippen LogP contribution in [0.1, 0.15) is 24.7 Å². The molecule has 2 N–H and O–H groups in total. The summed E-state index contributed by atoms with van der Waals surface area (Å²) in [5, 5.41) is 3.24. The average Bonchev–Trinajstić information content (AvgIpc) is 2.71. The van der Waals surface area contributed by atoms with Gasteiger partial charge in [-0.25, -0.2) is 23.1 Å². The largest absolute Gasteiger partial charge is 0.481 e. The van der Waals surface area contributed by atoms with Crippen molar-refractivity contribution in [2.75, 3.05) is 10.0 Å². The lowest BCUT2D eigenvalue weighted by Crippen LogP contribution is -2.32. The fourth-order valence-corrected chi connectivity index (χ4v) is 4.04. The molecule has 32 heavy (non-hydrogen) atoms. The molecule has 0 aliphatic heterocycles. The van der Waals surface area contributed by atoms with Gasteiger partial charge < -0.3 is 10.1 Å². The number of halogens is 1. The number of hydrogen-bond donors (Lipinski definition) is 2. The number of ether oxygens (including phenoxy) is 1. The summed E-state index contributed by atoms with van der Waals surface area (Å²) in [4.78, 5) is 20.8. The zero-order valence-corrected chi connectivity index (χ0v) is 19.4. The van der Waals surface area contributed by atoms with Crippen LogP contribution in [0.5, 0.6) is 5.75 Å². The molecule has 0 radical (unpaired) electrons. The molecule has 0 bridgehead atoms. The van der Waals surface area contributed by atoms with Gasteiger partial charge in [-0.15, -0.1) is 0 Å². The number of carbonyl (C=O) groups is 1. The van der Waals surface area contributed by atoms with Crippen molar-refractivity contribution >= 4 is 39.2 Å². The summed E-state index contributed by atoms with van der Waals surface area (Å²) in [5.74, 6) is 0.134. The minimum absolute atomic E-state index is 0.00355. The molecule has 0 unspecified atom stereocenters. The highest BCUT2D eigenvalue weighted by Gasteiger charge is 2.20. The molecule has 1 atom stereocenters. The van der Waals surface area contributed by atoms with Crippen LogP contribution in [0.25, 0.3) is 0 Å². The van der Waals surface area contributed by atoms with Crippen molar-refractivity contribution in [3.63, 3.8) is 0 Å². The van der Waals surface area contributed by atoms with Crippen LogP contribution in [0.15, 0.2) is 59.5 Å². The maximum Gasteiger partial charge on any atom is 0.265 e. The highest BCUT2D eigenvalue weighted by Crippen LogP contribution is 2.21. The SMILES string of the molecule is CC[C@H](Oc1cccc(Cl)c1)C(=O)Nc1ccc(S(=O)(=O)Nc2nc(C)cc(C)n2)cc1. The summed E-state index contributed by atoms with van der Waals surface area (Å²) in [7, 11) is -3.88. The molecule has 1 heterocycles. The number of carbonyl (C=O) groups excluding carboxylic acids is 1. The minimum atomic E-state index is -3.88. The summed E-state index contributed by atoms with van der Waals surface area (Å²) in [5.41, 5.74) is 1.74. The summed E-state index contributed by atoms with van der Waals surface area (Å²) < 4.78 is 33.4. The normalized spacial score (nSPS) is 12.1. The van der Waals surface area contributed by atoms with E-state index >= 15 is 0 Å². The van der Waals surface area contributed by atoms with E-state index in [1.807, 2.05) is 6.92 Å². The molecule has 3 rings (SSSR count). The highest BCUT2D eigenvalue weighted by atomic mass is 35.5. The van der Waals surface area contributed by atoms with Crippen molar-refractivity contribution in [3.8, 4) is 5.75 Å². The predicted octanol–water partition coefficient (Wildman–Crippen LogP) is 4.34. The topological polar surface area (TPSA) is 110 Å². The fourth-order valence-electron chi connectivity index (χ4n) is 2.92. The minimum Gasteiger partial charge on any atom is -0.481 e. The zero-order chi connectivity index (χ0) is 23.3. The highest BCUT2D eigenvalue weighted by molar-refractivity contribution is 7.92. The number of anilines is 2. The molecule has 3 aromatic rings. The van der Waals surface area contributed by atoms with Crippen LogP contribution in [0.2, 0.25) is 5.02 Å². The first-order valence-corrected chi connectivity index (χ1v) is 11.7. The maximum absolute atomic E-state index is 12.6. The first-order valence-electron chi connectivity index (χ1n) is 9.84. The van der Waals surface area contributed by atoms with Gasteiger partial charge in [-0.2, -0.15) is 0 Å². The molecule has 0 saturated heterocycles. The van der Waals surface area contributed by atoms with Crippen molar-refractivity contribution in [2.45, 2.75) is 38.2 Å². The summed E-state index contributed by atoms with van der Waals surface area (Å²) in [6, 6.07) is 14.3. The van der Waals surface area contributed by atoms with Crippen molar-refractivity contribution in [3.05, 3.63) is 71.0 Å². The van der Waals surface area contributed by atoms with Gasteiger partial charge in [0.2, 0.25) is 5.95 Å². The zero-order valence-electron chi connectivity index (χ0n) is 17.8. The van der Waals surface area contributed by atoms with E-state index in [9.17, 15) is 13.2 Å². The van der Waals surface area contributed by atoms with E-state index in [0.717, 1.165) is 0 Å². The molecule has 168 valence electrons. The van der Waals surface area contributed by atoms with Gasteiger partial charge in [-0.1, -0.05) is 24.6 Å². The van der Waals surface area contributed by atoms with Gasteiger partial charge >= 0.3 is 0 Å². The van der Waals surface area contributed by atoms with Gasteiger partial charge in [0, 0.05) is 22.1 Å². The third-order valence-corrected chi connectivity index (χ3v) is 5.96. The Morgan fingerprint density at radius 2 is 1.72 bits per heavy atom. The van der Waals surface area contributed by atoms with Gasteiger partial charge in [0.05, 0.1) is 4.90 Å². The molecule has 2 aromatic carbocycles. The number of benzene rings is 2. The van der Waals surface area contributed by atoms with E-state index in [-0.39, 0.29) is 16.8 Å². The number of aryl methyl sites for hydroxylation is 2. The van der Waals surface area contributed by atoms with Crippen molar-refractivity contribution < 1.29 is 17.9 Å². The number of nitrogens with zero attached hydrogens (tertiary/aromatic N) is 2. The number of rotatable bonds is 8. The van der Waals surface area contributed by atoms with Crippen LogP contribution in [0.4, 0.5) is 11.6 Å². The Kier molecular flexibility index (Phi) is 7.32. The van der Waals surface area contributed by atoms with Crippen LogP contribution in [-0.2, 0) is 14.8 Å². The van der Waals surface area contributed by atoms with Gasteiger partial charge in [-0.3, -0.25) is 4.79 Å². The fraction of sp³-hybridized carbons (Fsp3) is 0.227. The lowest BCUT2D eigenvalue weighted by atomic mass is 10.2. The van der Waals surface area contributed by atoms with Gasteiger partial charge in [0.1, 0.15) is 5.75 Å². The molecule has 0 spiro atoms. The Labute approximate surface area is 192 Å². The molecule has 0 aliphatic rings. The lowest BCUT2D eigenvalue weighted by Gasteiger charge is -2.17. The molecular formula is C22H23ClN4O4S. The Balaban J connectivity index is 1.68. The number of amides is 1. The van der Waals surface area contributed by atoms with Gasteiger partial charge in [-0.05, 0) is 68.8 Å². The van der Waals surface area contributed by atoms with Crippen LogP contribution in [0, 0.1) is 13.8 Å². The molecule has 1 amide bonds. The van der Waals surface area contributed by atoms with Crippen molar-refractivity contribution in [1.82, 2.24) is 9.97 Å². The Morgan fingerprint density at radius 3 is 2.31 bits per heavy atom. The van der Waals surface area contributed by atoms with Gasteiger partial charge in [0.15, 0.2) is 6.10 Å². The van der Waals surface area contributed by atoms with E-state index in [1.165, 1.54) is 24.3 Å². The number of aromatic nitrogens is 2. The van der Waals surface area contributed by atoms with Crippen molar-refractivity contribution in [1.29, 1.82) is 0 Å². The third kappa shape index (κ3) is 6.18. The molecule has 8 nitrogen and oxygen atoms in total. The van der Waals surface area contributed by atoms with Crippen LogP contribution in [-0.4, -0.2) is 30.4 Å². The lowest BCUT2D eigenvalue weighted by molar-refractivity contribution is -0.122. The van der Waals surface area contributed by atoms with Crippen molar-refractivity contribution in [2.24, 2.45) is 0 Å². The number of sulfonamides is 1. The second kappa shape index (κ2) is 9.97. The Hall–Kier alpha value is -3.17. The van der Waals surface area contributed by atoms with Crippen LogP contribution >= 0.6 is 11.6 Å².